The van der Waals surface area contributed by atoms with E-state index in [4.69, 9.17) is 4.74 Å². The van der Waals surface area contributed by atoms with Gasteiger partial charge in [-0.15, -0.1) is 11.3 Å². The van der Waals surface area contributed by atoms with Crippen molar-refractivity contribution < 1.29 is 9.53 Å². The standard InChI is InChI=1S/C20H29N3O2S/c1-13(2)10-18-22-14(3)19(26-18)20(24)21-12-17(23(4)5)15-8-7-9-16(11-15)25-6/h7-9,11,13,17H,10,12H2,1-6H3,(H,21,24). The van der Waals surface area contributed by atoms with Gasteiger partial charge < -0.3 is 15.0 Å². The number of thiazole rings is 1. The van der Waals surface area contributed by atoms with Gasteiger partial charge in [-0.3, -0.25) is 4.79 Å². The van der Waals surface area contributed by atoms with Crippen molar-refractivity contribution in [1.29, 1.82) is 0 Å². The second kappa shape index (κ2) is 9.14. The number of carbonyl (C=O) groups excluding carboxylic acids is 1. The molecule has 6 heteroatoms. The van der Waals surface area contributed by atoms with Gasteiger partial charge in [-0.25, -0.2) is 4.98 Å². The van der Waals surface area contributed by atoms with E-state index >= 15 is 0 Å². The minimum Gasteiger partial charge on any atom is -0.497 e. The number of benzene rings is 1. The van der Waals surface area contributed by atoms with Gasteiger partial charge in [0.05, 0.1) is 23.9 Å². The lowest BCUT2D eigenvalue weighted by atomic mass is 10.1. The van der Waals surface area contributed by atoms with Crippen LogP contribution in [0.3, 0.4) is 0 Å². The van der Waals surface area contributed by atoms with Crippen LogP contribution < -0.4 is 10.1 Å². The summed E-state index contributed by atoms with van der Waals surface area (Å²) in [5, 5.41) is 4.10. The van der Waals surface area contributed by atoms with E-state index in [1.165, 1.54) is 11.3 Å². The highest BCUT2D eigenvalue weighted by Gasteiger charge is 2.19. The SMILES string of the molecule is COc1cccc(C(CNC(=O)c2sc(CC(C)C)nc2C)N(C)C)c1. The van der Waals surface area contributed by atoms with E-state index in [1.54, 1.807) is 7.11 Å². The lowest BCUT2D eigenvalue weighted by molar-refractivity contribution is 0.0945. The summed E-state index contributed by atoms with van der Waals surface area (Å²) in [6.45, 7) is 6.75. The molecule has 0 aliphatic rings. The third-order valence-electron chi connectivity index (χ3n) is 4.19. The van der Waals surface area contributed by atoms with Gasteiger partial charge in [-0.05, 0) is 44.6 Å². The number of likely N-dealkylation sites (N-methyl/N-ethyl adjacent to an activating group) is 1. The number of aryl methyl sites for hydroxylation is 1. The molecule has 1 aromatic heterocycles. The summed E-state index contributed by atoms with van der Waals surface area (Å²) in [5.41, 5.74) is 1.92. The monoisotopic (exact) mass is 375 g/mol. The van der Waals surface area contributed by atoms with E-state index in [9.17, 15) is 4.79 Å². The average Bonchev–Trinajstić information content (AvgIpc) is 2.94. The number of nitrogens with one attached hydrogen (secondary N) is 1. The van der Waals surface area contributed by atoms with Crippen LogP contribution in [0.5, 0.6) is 5.75 Å². The molecule has 0 spiro atoms. The average molecular weight is 376 g/mol. The quantitative estimate of drug-likeness (QED) is 0.764. The van der Waals surface area contributed by atoms with Gasteiger partial charge in [0.15, 0.2) is 0 Å². The van der Waals surface area contributed by atoms with Crippen molar-refractivity contribution in [3.63, 3.8) is 0 Å². The van der Waals surface area contributed by atoms with Crippen LogP contribution in [-0.2, 0) is 6.42 Å². The van der Waals surface area contributed by atoms with Crippen LogP contribution in [0.4, 0.5) is 0 Å². The molecule has 2 aromatic rings. The number of hydrogen-bond donors (Lipinski definition) is 1. The summed E-state index contributed by atoms with van der Waals surface area (Å²) >= 11 is 1.50. The maximum Gasteiger partial charge on any atom is 0.263 e. The molecule has 0 bridgehead atoms. The van der Waals surface area contributed by atoms with Crippen molar-refractivity contribution in [2.24, 2.45) is 5.92 Å². The van der Waals surface area contributed by atoms with Crippen molar-refractivity contribution in [3.05, 3.63) is 45.4 Å². The number of methoxy groups -OCH3 is 1. The highest BCUT2D eigenvalue weighted by atomic mass is 32.1. The van der Waals surface area contributed by atoms with Crippen LogP contribution in [0.1, 0.15) is 45.8 Å². The van der Waals surface area contributed by atoms with E-state index in [0.29, 0.717) is 17.3 Å². The van der Waals surface area contributed by atoms with E-state index < -0.39 is 0 Å². The molecular formula is C20H29N3O2S. The first-order chi connectivity index (χ1) is 12.3. The van der Waals surface area contributed by atoms with Gasteiger partial charge in [-0.2, -0.15) is 0 Å². The van der Waals surface area contributed by atoms with Crippen molar-refractivity contribution in [3.8, 4) is 5.75 Å². The number of rotatable bonds is 8. The number of carbonyl (C=O) groups is 1. The molecule has 0 aliphatic carbocycles. The predicted octanol–water partition coefficient (Wildman–Crippen LogP) is 3.69. The van der Waals surface area contributed by atoms with Gasteiger partial charge >= 0.3 is 0 Å². The van der Waals surface area contributed by atoms with Crippen molar-refractivity contribution in [2.45, 2.75) is 33.2 Å². The summed E-state index contributed by atoms with van der Waals surface area (Å²) in [6, 6.07) is 8.02. The Morgan fingerprint density at radius 1 is 1.35 bits per heavy atom. The Hall–Kier alpha value is -1.92. The van der Waals surface area contributed by atoms with E-state index in [-0.39, 0.29) is 11.9 Å². The number of hydrogen-bond acceptors (Lipinski definition) is 5. The molecule has 26 heavy (non-hydrogen) atoms. The molecule has 1 atom stereocenters. The second-order valence-corrected chi connectivity index (χ2v) is 8.17. The first-order valence-corrected chi connectivity index (χ1v) is 9.68. The van der Waals surface area contributed by atoms with Crippen LogP contribution in [0.15, 0.2) is 24.3 Å². The summed E-state index contributed by atoms with van der Waals surface area (Å²) in [6.07, 6.45) is 0.906. The molecule has 2 rings (SSSR count). The fourth-order valence-electron chi connectivity index (χ4n) is 2.82. The predicted molar refractivity (Wildman–Crippen MR) is 107 cm³/mol. The molecule has 1 aromatic carbocycles. The topological polar surface area (TPSA) is 54.5 Å². The highest BCUT2D eigenvalue weighted by molar-refractivity contribution is 7.13. The number of aromatic nitrogens is 1. The molecule has 142 valence electrons. The Morgan fingerprint density at radius 2 is 2.08 bits per heavy atom. The zero-order valence-corrected chi connectivity index (χ0v) is 17.3. The lowest BCUT2D eigenvalue weighted by Gasteiger charge is -2.25. The summed E-state index contributed by atoms with van der Waals surface area (Å²) in [5.74, 6) is 1.30. The number of ether oxygens (including phenoxy) is 1. The van der Waals surface area contributed by atoms with Gasteiger partial charge in [0.2, 0.25) is 0 Å². The Kier molecular flexibility index (Phi) is 7.17. The van der Waals surface area contributed by atoms with E-state index in [0.717, 1.165) is 28.4 Å². The zero-order valence-electron chi connectivity index (χ0n) is 16.5. The third-order valence-corrected chi connectivity index (χ3v) is 5.37. The van der Waals surface area contributed by atoms with E-state index in [1.807, 2.05) is 39.2 Å². The van der Waals surface area contributed by atoms with Gasteiger partial charge in [0, 0.05) is 13.0 Å². The lowest BCUT2D eigenvalue weighted by Crippen LogP contribution is -2.34. The minimum absolute atomic E-state index is 0.0512. The van der Waals surface area contributed by atoms with Crippen LogP contribution in [0.25, 0.3) is 0 Å². The zero-order chi connectivity index (χ0) is 19.3. The van der Waals surface area contributed by atoms with Gasteiger partial charge in [0.25, 0.3) is 5.91 Å². The first-order valence-electron chi connectivity index (χ1n) is 8.86. The second-order valence-electron chi connectivity index (χ2n) is 7.09. The number of nitrogens with zero attached hydrogens (tertiary/aromatic N) is 2. The summed E-state index contributed by atoms with van der Waals surface area (Å²) in [7, 11) is 5.68. The smallest absolute Gasteiger partial charge is 0.263 e. The highest BCUT2D eigenvalue weighted by Crippen LogP contribution is 2.23. The van der Waals surface area contributed by atoms with Crippen LogP contribution in [-0.4, -0.2) is 43.5 Å². The Labute approximate surface area is 160 Å². The number of amides is 1. The van der Waals surface area contributed by atoms with Crippen molar-refractivity contribution in [1.82, 2.24) is 15.2 Å². The summed E-state index contributed by atoms with van der Waals surface area (Å²) in [4.78, 5) is 20.0. The molecule has 0 saturated heterocycles. The molecule has 0 fully saturated rings. The molecule has 0 aliphatic heterocycles. The molecular weight excluding hydrogens is 346 g/mol. The molecule has 1 heterocycles. The van der Waals surface area contributed by atoms with Crippen LogP contribution in [0.2, 0.25) is 0 Å². The maximum atomic E-state index is 12.7. The van der Waals surface area contributed by atoms with Crippen molar-refractivity contribution in [2.75, 3.05) is 27.7 Å². The molecule has 1 amide bonds. The normalized spacial score (nSPS) is 12.5. The minimum atomic E-state index is -0.0512. The fourth-order valence-corrected chi connectivity index (χ4v) is 4.01. The molecule has 5 nitrogen and oxygen atoms in total. The maximum absolute atomic E-state index is 12.7. The summed E-state index contributed by atoms with van der Waals surface area (Å²) < 4.78 is 5.32. The van der Waals surface area contributed by atoms with Crippen LogP contribution in [0, 0.1) is 12.8 Å². The molecule has 0 radical (unpaired) electrons. The van der Waals surface area contributed by atoms with E-state index in [2.05, 4.69) is 35.1 Å². The molecule has 0 saturated carbocycles. The Morgan fingerprint density at radius 3 is 2.69 bits per heavy atom. The Bertz CT molecular complexity index is 740. The first kappa shape index (κ1) is 20.4. The largest absolute Gasteiger partial charge is 0.497 e. The van der Waals surface area contributed by atoms with Crippen LogP contribution >= 0.6 is 11.3 Å². The molecule has 1 unspecified atom stereocenters. The fraction of sp³-hybridized carbons (Fsp3) is 0.500. The Balaban J connectivity index is 2.09. The third kappa shape index (κ3) is 5.29. The van der Waals surface area contributed by atoms with Crippen molar-refractivity contribution >= 4 is 17.2 Å². The van der Waals surface area contributed by atoms with Gasteiger partial charge in [0.1, 0.15) is 10.6 Å². The molecule has 1 N–H and O–H groups in total. The van der Waals surface area contributed by atoms with Gasteiger partial charge in [-0.1, -0.05) is 26.0 Å².